The number of anilines is 1. The molecule has 1 aromatic rings. The lowest BCUT2D eigenvalue weighted by Crippen LogP contribution is -2.17. The number of hydrogen-bond donors (Lipinski definition) is 1. The van der Waals surface area contributed by atoms with Crippen molar-refractivity contribution in [3.8, 4) is 5.75 Å². The molecule has 1 aromatic carbocycles. The third-order valence-electron chi connectivity index (χ3n) is 1.50. The number of ether oxygens (including phenoxy) is 1. The van der Waals surface area contributed by atoms with Gasteiger partial charge in [0.2, 0.25) is 0 Å². The predicted molar refractivity (Wildman–Crippen MR) is 52.7 cm³/mol. The van der Waals surface area contributed by atoms with Gasteiger partial charge < -0.3 is 10.1 Å². The van der Waals surface area contributed by atoms with Crippen molar-refractivity contribution in [2.24, 2.45) is 0 Å². The molecule has 15 heavy (non-hydrogen) atoms. The van der Waals surface area contributed by atoms with E-state index in [0.717, 1.165) is 12.1 Å². The minimum Gasteiger partial charge on any atom is -0.406 e. The van der Waals surface area contributed by atoms with E-state index in [1.807, 2.05) is 0 Å². The summed E-state index contributed by atoms with van der Waals surface area (Å²) in [5, 5.41) is 2.77. The Hall–Kier alpha value is -0.810. The molecule has 0 saturated heterocycles. The van der Waals surface area contributed by atoms with Crippen LogP contribution in [0.15, 0.2) is 12.1 Å². The topological polar surface area (TPSA) is 21.3 Å². The SMILES string of the molecule is CNc1c(Cl)cc(OC(F)(F)F)cc1Cl. The maximum atomic E-state index is 11.9. The van der Waals surface area contributed by atoms with E-state index in [4.69, 9.17) is 23.2 Å². The zero-order chi connectivity index (χ0) is 11.6. The van der Waals surface area contributed by atoms with Crippen LogP contribution < -0.4 is 10.1 Å². The van der Waals surface area contributed by atoms with Crippen LogP contribution in [-0.2, 0) is 0 Å². The van der Waals surface area contributed by atoms with Gasteiger partial charge in [-0.05, 0) is 0 Å². The van der Waals surface area contributed by atoms with Gasteiger partial charge in [0.05, 0.1) is 15.7 Å². The monoisotopic (exact) mass is 259 g/mol. The van der Waals surface area contributed by atoms with Gasteiger partial charge in [-0.2, -0.15) is 0 Å². The summed E-state index contributed by atoms with van der Waals surface area (Å²) in [5.41, 5.74) is 0.354. The standard InChI is InChI=1S/C8H6Cl2F3NO/c1-14-7-5(9)2-4(3-6(7)10)15-8(11,12)13/h2-3,14H,1H3. The minimum atomic E-state index is -4.76. The van der Waals surface area contributed by atoms with Gasteiger partial charge in [0, 0.05) is 19.2 Å². The smallest absolute Gasteiger partial charge is 0.406 e. The van der Waals surface area contributed by atoms with Crippen molar-refractivity contribution in [2.75, 3.05) is 12.4 Å². The average molecular weight is 260 g/mol. The molecule has 0 aromatic heterocycles. The Morgan fingerprint density at radius 2 is 1.67 bits per heavy atom. The van der Waals surface area contributed by atoms with Crippen molar-refractivity contribution in [3.63, 3.8) is 0 Å². The second kappa shape index (κ2) is 4.37. The summed E-state index contributed by atoms with van der Waals surface area (Å²) in [6.07, 6.45) is -4.76. The van der Waals surface area contributed by atoms with Gasteiger partial charge in [-0.25, -0.2) is 0 Å². The first-order valence-corrected chi connectivity index (χ1v) is 4.51. The van der Waals surface area contributed by atoms with Gasteiger partial charge in [-0.1, -0.05) is 23.2 Å². The Bertz CT molecular complexity index is 344. The highest BCUT2D eigenvalue weighted by atomic mass is 35.5. The van der Waals surface area contributed by atoms with E-state index < -0.39 is 12.1 Å². The van der Waals surface area contributed by atoms with Crippen LogP contribution >= 0.6 is 23.2 Å². The molecule has 0 saturated carbocycles. The van der Waals surface area contributed by atoms with Crippen molar-refractivity contribution in [1.29, 1.82) is 0 Å². The summed E-state index contributed by atoms with van der Waals surface area (Å²) in [6, 6.07) is 2.07. The second-order valence-corrected chi connectivity index (χ2v) is 3.37. The van der Waals surface area contributed by atoms with Crippen molar-refractivity contribution in [2.45, 2.75) is 6.36 Å². The first kappa shape index (κ1) is 12.3. The van der Waals surface area contributed by atoms with Gasteiger partial charge in [0.15, 0.2) is 0 Å². The van der Waals surface area contributed by atoms with Gasteiger partial charge in [-0.3, -0.25) is 0 Å². The van der Waals surface area contributed by atoms with Crippen LogP contribution in [0.5, 0.6) is 5.75 Å². The Morgan fingerprint density at radius 3 is 2.00 bits per heavy atom. The first-order valence-electron chi connectivity index (χ1n) is 3.76. The lowest BCUT2D eigenvalue weighted by molar-refractivity contribution is -0.274. The third-order valence-corrected chi connectivity index (χ3v) is 2.10. The normalized spacial score (nSPS) is 11.3. The molecule has 0 atom stereocenters. The van der Waals surface area contributed by atoms with Crippen LogP contribution in [0.25, 0.3) is 0 Å². The number of hydrogen-bond acceptors (Lipinski definition) is 2. The highest BCUT2D eigenvalue weighted by Gasteiger charge is 2.31. The van der Waals surface area contributed by atoms with Gasteiger partial charge in [-0.15, -0.1) is 13.2 Å². The van der Waals surface area contributed by atoms with Crippen molar-refractivity contribution < 1.29 is 17.9 Å². The van der Waals surface area contributed by atoms with E-state index in [-0.39, 0.29) is 10.0 Å². The first-order chi connectivity index (χ1) is 6.83. The number of halogens is 5. The number of nitrogens with one attached hydrogen (secondary N) is 1. The molecule has 1 rings (SSSR count). The molecule has 0 spiro atoms. The molecule has 2 nitrogen and oxygen atoms in total. The summed E-state index contributed by atoms with van der Waals surface area (Å²) in [5.74, 6) is -0.448. The van der Waals surface area contributed by atoms with E-state index >= 15 is 0 Å². The largest absolute Gasteiger partial charge is 0.573 e. The summed E-state index contributed by atoms with van der Waals surface area (Å²) < 4.78 is 39.3. The van der Waals surface area contributed by atoms with Crippen LogP contribution in [-0.4, -0.2) is 13.4 Å². The maximum Gasteiger partial charge on any atom is 0.573 e. The molecular formula is C8H6Cl2F3NO. The van der Waals surface area contributed by atoms with Crippen LogP contribution in [0.3, 0.4) is 0 Å². The molecule has 1 N–H and O–H groups in total. The van der Waals surface area contributed by atoms with E-state index in [1.54, 1.807) is 7.05 Å². The van der Waals surface area contributed by atoms with E-state index in [1.165, 1.54) is 0 Å². The predicted octanol–water partition coefficient (Wildman–Crippen LogP) is 3.93. The van der Waals surface area contributed by atoms with Gasteiger partial charge in [0.1, 0.15) is 5.75 Å². The zero-order valence-electron chi connectivity index (χ0n) is 7.45. The van der Waals surface area contributed by atoms with Crippen molar-refractivity contribution >= 4 is 28.9 Å². The van der Waals surface area contributed by atoms with Crippen LogP contribution in [0.4, 0.5) is 18.9 Å². The highest BCUT2D eigenvalue weighted by Crippen LogP contribution is 2.36. The van der Waals surface area contributed by atoms with E-state index in [0.29, 0.717) is 5.69 Å². The average Bonchev–Trinajstić information content (AvgIpc) is 1.99. The Kier molecular flexibility index (Phi) is 3.57. The maximum absolute atomic E-state index is 11.9. The molecule has 0 bridgehead atoms. The Morgan fingerprint density at radius 1 is 1.20 bits per heavy atom. The summed E-state index contributed by atoms with van der Waals surface area (Å²) in [6.45, 7) is 0. The van der Waals surface area contributed by atoms with Crippen LogP contribution in [0.1, 0.15) is 0 Å². The Balaban J connectivity index is 3.04. The lowest BCUT2D eigenvalue weighted by Gasteiger charge is -2.12. The summed E-state index contributed by atoms with van der Waals surface area (Å²) >= 11 is 11.3. The Labute approximate surface area is 93.9 Å². The van der Waals surface area contributed by atoms with Crippen molar-refractivity contribution in [1.82, 2.24) is 0 Å². The molecule has 0 amide bonds. The molecule has 0 radical (unpaired) electrons. The second-order valence-electron chi connectivity index (χ2n) is 2.56. The van der Waals surface area contributed by atoms with E-state index in [9.17, 15) is 13.2 Å². The zero-order valence-corrected chi connectivity index (χ0v) is 8.96. The fourth-order valence-corrected chi connectivity index (χ4v) is 1.64. The molecule has 0 unspecified atom stereocenters. The number of alkyl halides is 3. The molecular weight excluding hydrogens is 254 g/mol. The van der Waals surface area contributed by atoms with Crippen molar-refractivity contribution in [3.05, 3.63) is 22.2 Å². The van der Waals surface area contributed by atoms with E-state index in [2.05, 4.69) is 10.1 Å². The summed E-state index contributed by atoms with van der Waals surface area (Å²) in [7, 11) is 1.55. The third kappa shape index (κ3) is 3.35. The molecule has 0 aliphatic rings. The fraction of sp³-hybridized carbons (Fsp3) is 0.250. The lowest BCUT2D eigenvalue weighted by atomic mass is 10.3. The highest BCUT2D eigenvalue weighted by molar-refractivity contribution is 6.39. The summed E-state index contributed by atoms with van der Waals surface area (Å²) in [4.78, 5) is 0. The molecule has 7 heteroatoms. The molecule has 84 valence electrons. The van der Waals surface area contributed by atoms with Crippen LogP contribution in [0.2, 0.25) is 10.0 Å². The quantitative estimate of drug-likeness (QED) is 0.869. The molecule has 0 aliphatic heterocycles. The fourth-order valence-electron chi connectivity index (χ4n) is 0.981. The number of benzene rings is 1. The van der Waals surface area contributed by atoms with Gasteiger partial charge >= 0.3 is 6.36 Å². The molecule has 0 fully saturated rings. The number of rotatable bonds is 2. The molecule has 0 heterocycles. The van der Waals surface area contributed by atoms with Crippen LogP contribution in [0, 0.1) is 0 Å². The van der Waals surface area contributed by atoms with Gasteiger partial charge in [0.25, 0.3) is 0 Å². The molecule has 0 aliphatic carbocycles. The minimum absolute atomic E-state index is 0.0595.